The van der Waals surface area contributed by atoms with Crippen LogP contribution in [0.1, 0.15) is 39.1 Å². The molecule has 0 saturated carbocycles. The first-order chi connectivity index (χ1) is 15.0. The SMILES string of the molecule is COC(=O)c1c(O)cc(OC)cc1C=CC1CCN(C(=O)c2ccc(OC)cc2)CC1. The lowest BCUT2D eigenvalue weighted by atomic mass is 9.94. The molecule has 0 unspecified atom stereocenters. The summed E-state index contributed by atoms with van der Waals surface area (Å²) in [6.07, 6.45) is 5.43. The average molecular weight is 425 g/mol. The van der Waals surface area contributed by atoms with Crippen molar-refractivity contribution in [2.75, 3.05) is 34.4 Å². The van der Waals surface area contributed by atoms with E-state index in [-0.39, 0.29) is 23.1 Å². The molecular weight excluding hydrogens is 398 g/mol. The van der Waals surface area contributed by atoms with Crippen molar-refractivity contribution in [2.45, 2.75) is 12.8 Å². The molecule has 1 heterocycles. The van der Waals surface area contributed by atoms with Gasteiger partial charge >= 0.3 is 5.97 Å². The minimum atomic E-state index is -0.611. The molecule has 7 heteroatoms. The fourth-order valence-electron chi connectivity index (χ4n) is 3.65. The van der Waals surface area contributed by atoms with E-state index in [0.717, 1.165) is 18.6 Å². The smallest absolute Gasteiger partial charge is 0.342 e. The van der Waals surface area contributed by atoms with Gasteiger partial charge in [0.15, 0.2) is 0 Å². The summed E-state index contributed by atoms with van der Waals surface area (Å²) in [5, 5.41) is 10.2. The molecular formula is C24H27NO6. The van der Waals surface area contributed by atoms with Crippen LogP contribution in [0.2, 0.25) is 0 Å². The van der Waals surface area contributed by atoms with E-state index in [0.29, 0.717) is 30.0 Å². The minimum absolute atomic E-state index is 0.00998. The second kappa shape index (κ2) is 10.0. The number of aromatic hydroxyl groups is 1. The van der Waals surface area contributed by atoms with Gasteiger partial charge in [-0.25, -0.2) is 4.79 Å². The summed E-state index contributed by atoms with van der Waals surface area (Å²) < 4.78 is 15.1. The number of hydrogen-bond acceptors (Lipinski definition) is 6. The van der Waals surface area contributed by atoms with Gasteiger partial charge in [-0.05, 0) is 54.7 Å². The van der Waals surface area contributed by atoms with Crippen LogP contribution in [0.3, 0.4) is 0 Å². The highest BCUT2D eigenvalue weighted by Crippen LogP contribution is 2.30. The van der Waals surface area contributed by atoms with Crippen LogP contribution in [-0.2, 0) is 4.74 Å². The molecule has 2 aromatic rings. The molecule has 1 saturated heterocycles. The first-order valence-electron chi connectivity index (χ1n) is 10.1. The molecule has 7 nitrogen and oxygen atoms in total. The number of amides is 1. The maximum Gasteiger partial charge on any atom is 0.342 e. The summed E-state index contributed by atoms with van der Waals surface area (Å²) in [6, 6.07) is 10.2. The molecule has 0 bridgehead atoms. The Balaban J connectivity index is 1.67. The second-order valence-corrected chi connectivity index (χ2v) is 7.32. The van der Waals surface area contributed by atoms with Gasteiger partial charge in [0.25, 0.3) is 5.91 Å². The van der Waals surface area contributed by atoms with E-state index in [4.69, 9.17) is 14.2 Å². The minimum Gasteiger partial charge on any atom is -0.507 e. The summed E-state index contributed by atoms with van der Waals surface area (Å²) in [7, 11) is 4.36. The molecule has 0 spiro atoms. The summed E-state index contributed by atoms with van der Waals surface area (Å²) >= 11 is 0. The second-order valence-electron chi connectivity index (χ2n) is 7.32. The van der Waals surface area contributed by atoms with Crippen LogP contribution < -0.4 is 9.47 Å². The van der Waals surface area contributed by atoms with Crippen molar-refractivity contribution in [3.8, 4) is 17.2 Å². The molecule has 164 valence electrons. The Morgan fingerprint density at radius 3 is 2.23 bits per heavy atom. The molecule has 0 atom stereocenters. The van der Waals surface area contributed by atoms with Gasteiger partial charge in [0.2, 0.25) is 0 Å². The number of methoxy groups -OCH3 is 3. The predicted molar refractivity (Wildman–Crippen MR) is 117 cm³/mol. The number of benzene rings is 2. The van der Waals surface area contributed by atoms with Gasteiger partial charge in [-0.15, -0.1) is 0 Å². The van der Waals surface area contributed by atoms with Crippen LogP contribution in [0.15, 0.2) is 42.5 Å². The summed E-state index contributed by atoms with van der Waals surface area (Å²) in [6.45, 7) is 1.29. The molecule has 1 amide bonds. The Bertz CT molecular complexity index is 959. The summed E-state index contributed by atoms with van der Waals surface area (Å²) in [5.74, 6) is 0.625. The normalized spacial score (nSPS) is 14.5. The number of rotatable bonds is 6. The first kappa shape index (κ1) is 22.2. The monoisotopic (exact) mass is 425 g/mol. The number of nitrogens with zero attached hydrogens (tertiary/aromatic N) is 1. The molecule has 1 aliphatic heterocycles. The van der Waals surface area contributed by atoms with E-state index in [1.807, 2.05) is 11.0 Å². The van der Waals surface area contributed by atoms with Crippen molar-refractivity contribution >= 4 is 18.0 Å². The third-order valence-corrected chi connectivity index (χ3v) is 5.46. The Morgan fingerprint density at radius 2 is 1.65 bits per heavy atom. The van der Waals surface area contributed by atoms with Crippen molar-refractivity contribution in [1.29, 1.82) is 0 Å². The van der Waals surface area contributed by atoms with Crippen LogP contribution >= 0.6 is 0 Å². The van der Waals surface area contributed by atoms with Gasteiger partial charge in [-0.2, -0.15) is 0 Å². The van der Waals surface area contributed by atoms with E-state index in [2.05, 4.69) is 0 Å². The lowest BCUT2D eigenvalue weighted by Crippen LogP contribution is -2.38. The lowest BCUT2D eigenvalue weighted by Gasteiger charge is -2.31. The number of phenolic OH excluding ortho intramolecular Hbond substituents is 1. The van der Waals surface area contributed by atoms with E-state index in [1.54, 1.807) is 43.5 Å². The Hall–Kier alpha value is -3.48. The van der Waals surface area contributed by atoms with E-state index >= 15 is 0 Å². The Morgan fingerprint density at radius 1 is 1.00 bits per heavy atom. The van der Waals surface area contributed by atoms with Crippen molar-refractivity contribution in [2.24, 2.45) is 5.92 Å². The zero-order chi connectivity index (χ0) is 22.4. The van der Waals surface area contributed by atoms with Crippen LogP contribution in [0.25, 0.3) is 6.08 Å². The third-order valence-electron chi connectivity index (χ3n) is 5.46. The van der Waals surface area contributed by atoms with Crippen molar-refractivity contribution in [3.05, 3.63) is 59.2 Å². The highest BCUT2D eigenvalue weighted by atomic mass is 16.5. The number of likely N-dealkylation sites (tertiary alicyclic amines) is 1. The molecule has 0 aliphatic carbocycles. The van der Waals surface area contributed by atoms with Crippen molar-refractivity contribution in [1.82, 2.24) is 4.90 Å². The van der Waals surface area contributed by atoms with Gasteiger partial charge in [0.05, 0.1) is 21.3 Å². The molecule has 2 aromatic carbocycles. The Kier molecular flexibility index (Phi) is 7.18. The maximum atomic E-state index is 12.7. The zero-order valence-electron chi connectivity index (χ0n) is 18.0. The van der Waals surface area contributed by atoms with Gasteiger partial charge in [0.1, 0.15) is 22.8 Å². The van der Waals surface area contributed by atoms with Crippen LogP contribution in [0, 0.1) is 5.92 Å². The number of piperidine rings is 1. The number of esters is 1. The fourth-order valence-corrected chi connectivity index (χ4v) is 3.65. The number of carbonyl (C=O) groups excluding carboxylic acids is 2. The van der Waals surface area contributed by atoms with E-state index < -0.39 is 5.97 Å². The quantitative estimate of drug-likeness (QED) is 0.710. The largest absolute Gasteiger partial charge is 0.507 e. The summed E-state index contributed by atoms with van der Waals surface area (Å²) in [4.78, 5) is 26.7. The maximum absolute atomic E-state index is 12.7. The first-order valence-corrected chi connectivity index (χ1v) is 10.1. The fraction of sp³-hybridized carbons (Fsp3) is 0.333. The molecule has 3 rings (SSSR count). The average Bonchev–Trinajstić information content (AvgIpc) is 2.81. The Labute approximate surface area is 181 Å². The predicted octanol–water partition coefficient (Wildman–Crippen LogP) is 3.76. The topological polar surface area (TPSA) is 85.3 Å². The number of hydrogen-bond donors (Lipinski definition) is 1. The van der Waals surface area contributed by atoms with E-state index in [9.17, 15) is 14.7 Å². The number of phenols is 1. The van der Waals surface area contributed by atoms with Crippen molar-refractivity contribution in [3.63, 3.8) is 0 Å². The van der Waals surface area contributed by atoms with Crippen LogP contribution in [0.5, 0.6) is 17.2 Å². The van der Waals surface area contributed by atoms with Gasteiger partial charge in [-0.1, -0.05) is 12.2 Å². The number of carbonyl (C=O) groups is 2. The molecule has 31 heavy (non-hydrogen) atoms. The van der Waals surface area contributed by atoms with Crippen LogP contribution in [0.4, 0.5) is 0 Å². The van der Waals surface area contributed by atoms with Crippen molar-refractivity contribution < 1.29 is 28.9 Å². The third kappa shape index (κ3) is 5.17. The highest BCUT2D eigenvalue weighted by molar-refractivity contribution is 5.97. The molecule has 1 aliphatic rings. The van der Waals surface area contributed by atoms with Crippen LogP contribution in [-0.4, -0.2) is 56.3 Å². The van der Waals surface area contributed by atoms with Gasteiger partial charge in [-0.3, -0.25) is 4.79 Å². The molecule has 1 N–H and O–H groups in total. The zero-order valence-corrected chi connectivity index (χ0v) is 18.0. The number of allylic oxidation sites excluding steroid dienone is 1. The standard InChI is InChI=1S/C24H27NO6/c1-29-19-8-6-17(7-9-19)23(27)25-12-10-16(11-13-25)4-5-18-14-20(30-2)15-21(26)22(18)24(28)31-3/h4-9,14-16,26H,10-13H2,1-3H3. The molecule has 0 radical (unpaired) electrons. The lowest BCUT2D eigenvalue weighted by molar-refractivity contribution is 0.0596. The highest BCUT2D eigenvalue weighted by Gasteiger charge is 2.23. The molecule has 0 aromatic heterocycles. The van der Waals surface area contributed by atoms with E-state index in [1.165, 1.54) is 20.3 Å². The molecule has 1 fully saturated rings. The summed E-state index contributed by atoms with van der Waals surface area (Å²) in [5.41, 5.74) is 1.27. The van der Waals surface area contributed by atoms with Gasteiger partial charge in [0, 0.05) is 24.7 Å². The number of ether oxygens (including phenoxy) is 3. The van der Waals surface area contributed by atoms with Gasteiger partial charge < -0.3 is 24.2 Å².